The van der Waals surface area contributed by atoms with Gasteiger partial charge in [-0.2, -0.15) is 0 Å². The van der Waals surface area contributed by atoms with Gasteiger partial charge in [0.25, 0.3) is 0 Å². The third kappa shape index (κ3) is 3.16. The number of aliphatic imine (C=N–C) groups is 1. The minimum absolute atomic E-state index is 0.594. The molecule has 0 amide bonds. The molecule has 28 heavy (non-hydrogen) atoms. The second-order valence-electron chi connectivity index (χ2n) is 7.34. The van der Waals surface area contributed by atoms with Crippen LogP contribution in [0.3, 0.4) is 0 Å². The van der Waals surface area contributed by atoms with E-state index in [0.29, 0.717) is 6.61 Å². The molecule has 2 aliphatic carbocycles. The molecule has 1 aliphatic heterocycles. The zero-order valence-corrected chi connectivity index (χ0v) is 15.9. The number of fused-ring (bicyclic) bond motifs is 5. The van der Waals surface area contributed by atoms with E-state index in [-0.39, 0.29) is 0 Å². The van der Waals surface area contributed by atoms with Gasteiger partial charge in [-0.25, -0.2) is 0 Å². The van der Waals surface area contributed by atoms with E-state index in [1.54, 1.807) is 17.3 Å². The first-order valence-corrected chi connectivity index (χ1v) is 10.0. The lowest BCUT2D eigenvalue weighted by Crippen LogP contribution is -2.19. The zero-order valence-electron chi connectivity index (χ0n) is 15.9. The lowest BCUT2D eigenvalue weighted by atomic mass is 9.89. The maximum absolute atomic E-state index is 5.27. The second kappa shape index (κ2) is 7.47. The number of hydrogen-bond acceptors (Lipinski definition) is 2. The fraction of sp³-hybridized carbons (Fsp3) is 0.192. The van der Waals surface area contributed by atoms with Crippen molar-refractivity contribution in [1.82, 2.24) is 0 Å². The molecule has 0 fully saturated rings. The maximum Gasteiger partial charge on any atom is 0.145 e. The van der Waals surface area contributed by atoms with Crippen LogP contribution >= 0.6 is 0 Å². The van der Waals surface area contributed by atoms with Crippen molar-refractivity contribution >= 4 is 24.1 Å². The molecular weight excluding hydrogens is 342 g/mol. The summed E-state index contributed by atoms with van der Waals surface area (Å²) >= 11 is 0. The Kier molecular flexibility index (Phi) is 4.54. The normalized spacial score (nSPS) is 15.1. The largest absolute Gasteiger partial charge is 0.486 e. The molecule has 0 atom stereocenters. The van der Waals surface area contributed by atoms with E-state index in [1.807, 2.05) is 24.3 Å². The molecule has 0 spiro atoms. The van der Waals surface area contributed by atoms with Crippen molar-refractivity contribution < 1.29 is 4.74 Å². The van der Waals surface area contributed by atoms with Gasteiger partial charge in [0.05, 0.1) is 0 Å². The predicted octanol–water partition coefficient (Wildman–Crippen LogP) is 4.21. The first-order chi connectivity index (χ1) is 13.9. The highest BCUT2D eigenvalue weighted by Gasteiger charge is 2.10. The van der Waals surface area contributed by atoms with Crippen LogP contribution in [0.2, 0.25) is 0 Å². The van der Waals surface area contributed by atoms with Gasteiger partial charge >= 0.3 is 0 Å². The summed E-state index contributed by atoms with van der Waals surface area (Å²) in [6.45, 7) is 0.594. The Balaban J connectivity index is 0.000000145. The Hall–Kier alpha value is -3.13. The summed E-state index contributed by atoms with van der Waals surface area (Å²) in [6.07, 6.45) is 11.5. The Morgan fingerprint density at radius 1 is 0.750 bits per heavy atom. The van der Waals surface area contributed by atoms with E-state index in [2.05, 4.69) is 53.5 Å². The molecule has 0 radical (unpaired) electrons. The lowest BCUT2D eigenvalue weighted by Gasteiger charge is -2.16. The van der Waals surface area contributed by atoms with Gasteiger partial charge in [-0.3, -0.25) is 4.99 Å². The van der Waals surface area contributed by atoms with Gasteiger partial charge in [0.1, 0.15) is 18.0 Å². The molecule has 1 heterocycles. The number of ether oxygens (including phenoxy) is 1. The number of benzene rings is 3. The standard InChI is InChI=1S/C18H16.C8H7NO/c1-3-7-15-13(5-1)9-11-18-16-8-4-2-6-14(16)10-12-17(15)18;1-2-4-8-7(3-1)9-5-6-10-8/h1,3,5-7,9-10,12H,2,4,8,11H2;1-5H,6H2. The Morgan fingerprint density at radius 2 is 1.64 bits per heavy atom. The first kappa shape index (κ1) is 17.0. The van der Waals surface area contributed by atoms with Crippen molar-refractivity contribution in [2.24, 2.45) is 4.99 Å². The van der Waals surface area contributed by atoms with E-state index in [9.17, 15) is 0 Å². The van der Waals surface area contributed by atoms with E-state index in [4.69, 9.17) is 4.74 Å². The third-order valence-electron chi connectivity index (χ3n) is 5.65. The number of para-hydroxylation sites is 2. The molecular formula is C26H23NO. The van der Waals surface area contributed by atoms with E-state index in [0.717, 1.165) is 17.9 Å². The third-order valence-corrected chi connectivity index (χ3v) is 5.65. The molecule has 0 saturated heterocycles. The summed E-state index contributed by atoms with van der Waals surface area (Å²) in [5, 5.41) is 5.74. The highest BCUT2D eigenvalue weighted by molar-refractivity contribution is 5.70. The summed E-state index contributed by atoms with van der Waals surface area (Å²) in [5.74, 6) is 0.880. The monoisotopic (exact) mass is 365 g/mol. The van der Waals surface area contributed by atoms with Crippen molar-refractivity contribution in [2.75, 3.05) is 6.61 Å². The van der Waals surface area contributed by atoms with Crippen molar-refractivity contribution in [3.63, 3.8) is 0 Å². The van der Waals surface area contributed by atoms with Crippen LogP contribution in [-0.2, 0) is 12.8 Å². The molecule has 6 rings (SSSR count). The van der Waals surface area contributed by atoms with E-state index >= 15 is 0 Å². The van der Waals surface area contributed by atoms with Crippen LogP contribution in [0.5, 0.6) is 5.75 Å². The van der Waals surface area contributed by atoms with Crippen molar-refractivity contribution in [2.45, 2.75) is 25.7 Å². The molecule has 0 bridgehead atoms. The summed E-state index contributed by atoms with van der Waals surface area (Å²) < 4.78 is 5.27. The van der Waals surface area contributed by atoms with Crippen LogP contribution in [0, 0.1) is 10.4 Å². The quantitative estimate of drug-likeness (QED) is 0.585. The van der Waals surface area contributed by atoms with Crippen LogP contribution in [0.4, 0.5) is 5.69 Å². The van der Waals surface area contributed by atoms with Gasteiger partial charge < -0.3 is 4.74 Å². The average Bonchev–Trinajstić information content (AvgIpc) is 2.79. The topological polar surface area (TPSA) is 21.6 Å². The summed E-state index contributed by atoms with van der Waals surface area (Å²) in [6, 6.07) is 21.1. The fourth-order valence-corrected chi connectivity index (χ4v) is 4.30. The highest BCUT2D eigenvalue weighted by atomic mass is 16.5. The maximum atomic E-state index is 5.27. The van der Waals surface area contributed by atoms with Gasteiger partial charge in [-0.05, 0) is 69.8 Å². The summed E-state index contributed by atoms with van der Waals surface area (Å²) in [4.78, 5) is 4.14. The summed E-state index contributed by atoms with van der Waals surface area (Å²) in [7, 11) is 0. The molecule has 3 aromatic carbocycles. The van der Waals surface area contributed by atoms with Gasteiger partial charge in [0.15, 0.2) is 0 Å². The van der Waals surface area contributed by atoms with Crippen molar-refractivity contribution in [3.8, 4) is 5.75 Å². The first-order valence-electron chi connectivity index (χ1n) is 10.0. The molecule has 3 aromatic rings. The number of hydrogen-bond donors (Lipinski definition) is 0. The number of nitrogens with zero attached hydrogens (tertiary/aromatic N) is 1. The van der Waals surface area contributed by atoms with Gasteiger partial charge in [-0.1, -0.05) is 60.7 Å². The molecule has 0 aromatic heterocycles. The predicted molar refractivity (Wildman–Crippen MR) is 115 cm³/mol. The van der Waals surface area contributed by atoms with Crippen LogP contribution in [0.25, 0.3) is 12.2 Å². The van der Waals surface area contributed by atoms with Gasteiger partial charge in [0.2, 0.25) is 0 Å². The molecule has 0 saturated carbocycles. The Morgan fingerprint density at radius 3 is 2.61 bits per heavy atom. The van der Waals surface area contributed by atoms with Crippen molar-refractivity contribution in [1.29, 1.82) is 0 Å². The second-order valence-corrected chi connectivity index (χ2v) is 7.34. The lowest BCUT2D eigenvalue weighted by molar-refractivity contribution is 0.377. The average molecular weight is 365 g/mol. The molecule has 2 nitrogen and oxygen atoms in total. The zero-order chi connectivity index (χ0) is 18.8. The molecule has 0 N–H and O–H groups in total. The Labute approximate surface area is 164 Å². The van der Waals surface area contributed by atoms with Gasteiger partial charge in [-0.15, -0.1) is 0 Å². The van der Waals surface area contributed by atoms with E-state index in [1.165, 1.54) is 40.1 Å². The van der Waals surface area contributed by atoms with Gasteiger partial charge in [0, 0.05) is 6.21 Å². The van der Waals surface area contributed by atoms with Crippen LogP contribution in [0.15, 0.2) is 65.7 Å². The Bertz CT molecular complexity index is 1270. The molecule has 2 heteroatoms. The smallest absolute Gasteiger partial charge is 0.145 e. The molecule has 0 unspecified atom stereocenters. The van der Waals surface area contributed by atoms with Crippen LogP contribution in [-0.4, -0.2) is 12.8 Å². The highest BCUT2D eigenvalue weighted by Crippen LogP contribution is 2.27. The SMILES string of the molecule is C1=Nc2ccccc2OC1.C1=c2ccc3c(c2CCC1)CC=c1ccccc1=3. The molecule has 138 valence electrons. The van der Waals surface area contributed by atoms with Crippen molar-refractivity contribution in [3.05, 3.63) is 92.7 Å². The van der Waals surface area contributed by atoms with Crippen LogP contribution in [0.1, 0.15) is 24.0 Å². The minimum Gasteiger partial charge on any atom is -0.486 e. The summed E-state index contributed by atoms with van der Waals surface area (Å²) in [5.41, 5.74) is 4.10. The van der Waals surface area contributed by atoms with Crippen LogP contribution < -0.4 is 15.2 Å². The fourth-order valence-electron chi connectivity index (χ4n) is 4.30. The minimum atomic E-state index is 0.594. The van der Waals surface area contributed by atoms with E-state index < -0.39 is 0 Å². The number of rotatable bonds is 0. The molecule has 3 aliphatic rings.